The molecule has 5 heteroatoms. The van der Waals surface area contributed by atoms with Gasteiger partial charge in [0, 0.05) is 12.1 Å². The van der Waals surface area contributed by atoms with E-state index in [0.29, 0.717) is 13.0 Å². The van der Waals surface area contributed by atoms with Crippen molar-refractivity contribution in [2.24, 2.45) is 0 Å². The number of ether oxygens (including phenoxy) is 1. The van der Waals surface area contributed by atoms with E-state index in [1.165, 1.54) is 18.0 Å². The van der Waals surface area contributed by atoms with Crippen LogP contribution in [0.3, 0.4) is 0 Å². The maximum Gasteiger partial charge on any atom is 0.249 e. The highest BCUT2D eigenvalue weighted by Crippen LogP contribution is 2.44. The lowest BCUT2D eigenvalue weighted by atomic mass is 9.77. The molecule has 2 fully saturated rings. The van der Waals surface area contributed by atoms with Crippen molar-refractivity contribution < 1.29 is 14.4 Å². The molecule has 1 atom stereocenters. The van der Waals surface area contributed by atoms with Gasteiger partial charge in [-0.2, -0.15) is 5.17 Å². The van der Waals surface area contributed by atoms with E-state index in [2.05, 4.69) is 12.0 Å². The third-order valence-corrected chi connectivity index (χ3v) is 4.51. The average molecular weight is 310 g/mol. The second-order valence-electron chi connectivity index (χ2n) is 7.69. The zero-order valence-electron chi connectivity index (χ0n) is 14.2. The second kappa shape index (κ2) is 6.69. The average Bonchev–Trinajstić information content (AvgIpc) is 2.84. The Morgan fingerprint density at radius 2 is 2.00 bits per heavy atom. The standard InChI is InChI=1S/C17H30N2O3/c1-5-8-16(18-19(14-20)22-15(2,3)4)11-12-21-17(13-16)9-6-7-10-17/h5,14,18H,1,6-13H2,2-4H3. The van der Waals surface area contributed by atoms with Gasteiger partial charge in [-0.1, -0.05) is 18.9 Å². The molecular weight excluding hydrogens is 280 g/mol. The number of hydroxylamine groups is 1. The Bertz CT molecular complexity index is 399. The van der Waals surface area contributed by atoms with Gasteiger partial charge in [-0.25, -0.2) is 10.3 Å². The van der Waals surface area contributed by atoms with Crippen LogP contribution < -0.4 is 5.43 Å². The number of nitrogens with one attached hydrogen (secondary N) is 1. The first kappa shape index (κ1) is 17.4. The molecule has 2 aliphatic rings. The number of rotatable bonds is 6. The van der Waals surface area contributed by atoms with Crippen molar-refractivity contribution in [1.82, 2.24) is 10.6 Å². The summed E-state index contributed by atoms with van der Waals surface area (Å²) < 4.78 is 6.12. The Labute approximate surface area is 133 Å². The van der Waals surface area contributed by atoms with Crippen molar-refractivity contribution in [1.29, 1.82) is 0 Å². The highest BCUT2D eigenvalue weighted by molar-refractivity contribution is 5.44. The Hall–Kier alpha value is -0.910. The van der Waals surface area contributed by atoms with Crippen LogP contribution in [0.2, 0.25) is 0 Å². The van der Waals surface area contributed by atoms with Gasteiger partial charge in [0.25, 0.3) is 0 Å². The molecule has 1 amide bonds. The molecule has 1 aliphatic heterocycles. The molecule has 1 unspecified atom stereocenters. The van der Waals surface area contributed by atoms with Crippen molar-refractivity contribution in [3.63, 3.8) is 0 Å². The van der Waals surface area contributed by atoms with E-state index in [-0.39, 0.29) is 11.1 Å². The summed E-state index contributed by atoms with van der Waals surface area (Å²) in [6, 6.07) is 0. The van der Waals surface area contributed by atoms with E-state index >= 15 is 0 Å². The molecule has 0 aromatic heterocycles. The molecule has 1 heterocycles. The van der Waals surface area contributed by atoms with Crippen molar-refractivity contribution in [3.05, 3.63) is 12.7 Å². The van der Waals surface area contributed by atoms with Crippen molar-refractivity contribution >= 4 is 6.41 Å². The number of hydrazine groups is 1. The maximum atomic E-state index is 11.4. The van der Waals surface area contributed by atoms with Crippen LogP contribution in [0.1, 0.15) is 65.7 Å². The van der Waals surface area contributed by atoms with Crippen LogP contribution in [0.15, 0.2) is 12.7 Å². The topological polar surface area (TPSA) is 50.8 Å². The monoisotopic (exact) mass is 310 g/mol. The quantitative estimate of drug-likeness (QED) is 0.465. The van der Waals surface area contributed by atoms with Gasteiger partial charge >= 0.3 is 0 Å². The van der Waals surface area contributed by atoms with Crippen molar-refractivity contribution in [2.45, 2.75) is 82.5 Å². The lowest BCUT2D eigenvalue weighted by Crippen LogP contribution is -2.61. The molecular formula is C17H30N2O3. The lowest BCUT2D eigenvalue weighted by molar-refractivity contribution is -0.257. The van der Waals surface area contributed by atoms with Gasteiger partial charge in [0.2, 0.25) is 6.41 Å². The number of hydrogen-bond donors (Lipinski definition) is 1. The molecule has 0 bridgehead atoms. The summed E-state index contributed by atoms with van der Waals surface area (Å²) in [7, 11) is 0. The Morgan fingerprint density at radius 3 is 2.55 bits per heavy atom. The highest BCUT2D eigenvalue weighted by atomic mass is 16.7. The fourth-order valence-electron chi connectivity index (χ4n) is 3.75. The maximum absolute atomic E-state index is 11.4. The first-order valence-electron chi connectivity index (χ1n) is 8.28. The van der Waals surface area contributed by atoms with E-state index in [1.54, 1.807) is 0 Å². The zero-order chi connectivity index (χ0) is 16.3. The molecule has 5 nitrogen and oxygen atoms in total. The molecule has 1 saturated carbocycles. The summed E-state index contributed by atoms with van der Waals surface area (Å²) in [6.07, 6.45) is 9.80. The minimum absolute atomic E-state index is 0.0372. The first-order valence-corrected chi connectivity index (χ1v) is 8.28. The molecule has 0 radical (unpaired) electrons. The number of amides is 1. The Morgan fingerprint density at radius 1 is 1.32 bits per heavy atom. The third kappa shape index (κ3) is 4.31. The molecule has 2 rings (SSSR count). The van der Waals surface area contributed by atoms with Crippen LogP contribution in [0, 0.1) is 0 Å². The van der Waals surface area contributed by atoms with Gasteiger partial charge in [-0.05, 0) is 52.9 Å². The fraction of sp³-hybridized carbons (Fsp3) is 0.824. The molecule has 1 N–H and O–H groups in total. The van der Waals surface area contributed by atoms with E-state index in [0.717, 1.165) is 32.1 Å². The van der Waals surface area contributed by atoms with E-state index in [4.69, 9.17) is 9.57 Å². The second-order valence-corrected chi connectivity index (χ2v) is 7.69. The normalized spacial score (nSPS) is 27.8. The number of hydrogen-bond acceptors (Lipinski definition) is 4. The predicted octanol–water partition coefficient (Wildman–Crippen LogP) is 3.12. The molecule has 1 spiro atoms. The van der Waals surface area contributed by atoms with Gasteiger partial charge in [0.15, 0.2) is 0 Å². The lowest BCUT2D eigenvalue weighted by Gasteiger charge is -2.48. The van der Waals surface area contributed by atoms with Crippen LogP contribution in [-0.4, -0.2) is 34.9 Å². The summed E-state index contributed by atoms with van der Waals surface area (Å²) in [6.45, 7) is 10.4. The van der Waals surface area contributed by atoms with Gasteiger partial charge < -0.3 is 4.74 Å². The molecule has 1 saturated heterocycles. The molecule has 126 valence electrons. The van der Waals surface area contributed by atoms with E-state index < -0.39 is 5.60 Å². The summed E-state index contributed by atoms with van der Waals surface area (Å²) in [5.41, 5.74) is 2.63. The zero-order valence-corrected chi connectivity index (χ0v) is 14.2. The van der Waals surface area contributed by atoms with Crippen molar-refractivity contribution in [3.8, 4) is 0 Å². The number of nitrogens with zero attached hydrogens (tertiary/aromatic N) is 1. The summed E-state index contributed by atoms with van der Waals surface area (Å²) in [5, 5.41) is 1.23. The molecule has 0 aromatic carbocycles. The predicted molar refractivity (Wildman–Crippen MR) is 85.8 cm³/mol. The van der Waals surface area contributed by atoms with E-state index in [1.807, 2.05) is 26.8 Å². The van der Waals surface area contributed by atoms with E-state index in [9.17, 15) is 4.79 Å². The van der Waals surface area contributed by atoms with Gasteiger partial charge in [0.1, 0.15) is 0 Å². The summed E-state index contributed by atoms with van der Waals surface area (Å²) >= 11 is 0. The molecule has 1 aliphatic carbocycles. The largest absolute Gasteiger partial charge is 0.375 e. The van der Waals surface area contributed by atoms with Gasteiger partial charge in [0.05, 0.1) is 11.2 Å². The number of carbonyl (C=O) groups excluding carboxylic acids is 1. The Kier molecular flexibility index (Phi) is 5.30. The Balaban J connectivity index is 2.12. The fourth-order valence-corrected chi connectivity index (χ4v) is 3.75. The first-order chi connectivity index (χ1) is 10.3. The molecule has 0 aromatic rings. The van der Waals surface area contributed by atoms with Gasteiger partial charge in [-0.3, -0.25) is 4.79 Å². The highest BCUT2D eigenvalue weighted by Gasteiger charge is 2.47. The van der Waals surface area contributed by atoms with Crippen LogP contribution in [-0.2, 0) is 14.4 Å². The summed E-state index contributed by atoms with van der Waals surface area (Å²) in [4.78, 5) is 17.1. The third-order valence-electron chi connectivity index (χ3n) is 4.51. The van der Waals surface area contributed by atoms with Gasteiger partial charge in [-0.15, -0.1) is 6.58 Å². The van der Waals surface area contributed by atoms with Crippen LogP contribution >= 0.6 is 0 Å². The molecule has 22 heavy (non-hydrogen) atoms. The minimum Gasteiger partial charge on any atom is -0.375 e. The minimum atomic E-state index is -0.431. The smallest absolute Gasteiger partial charge is 0.249 e. The summed E-state index contributed by atoms with van der Waals surface area (Å²) in [5.74, 6) is 0. The van der Waals surface area contributed by atoms with Crippen LogP contribution in [0.4, 0.5) is 0 Å². The van der Waals surface area contributed by atoms with Crippen LogP contribution in [0.5, 0.6) is 0 Å². The van der Waals surface area contributed by atoms with Crippen molar-refractivity contribution in [2.75, 3.05) is 6.61 Å². The van der Waals surface area contributed by atoms with Crippen LogP contribution in [0.25, 0.3) is 0 Å². The SMILES string of the molecule is C=CCC1(NN(C=O)OC(C)(C)C)CCOC2(CCCC2)C1. The number of carbonyl (C=O) groups is 1.